The van der Waals surface area contributed by atoms with Crippen LogP contribution in [-0.2, 0) is 6.61 Å². The van der Waals surface area contributed by atoms with E-state index >= 15 is 0 Å². The number of carbonyl (C=O) groups excluding carboxylic acids is 1. The van der Waals surface area contributed by atoms with Crippen LogP contribution in [0.4, 0.5) is 0 Å². The van der Waals surface area contributed by atoms with E-state index < -0.39 is 5.91 Å². The number of aryl methyl sites for hydroxylation is 2. The molecule has 0 fully saturated rings. The number of carbonyl (C=O) groups is 1. The highest BCUT2D eigenvalue weighted by atomic mass is 16.5. The summed E-state index contributed by atoms with van der Waals surface area (Å²) in [5.74, 6) is 0.817. The number of aromatic amines is 2. The molecule has 0 unspecified atom stereocenters. The van der Waals surface area contributed by atoms with Crippen LogP contribution in [0.1, 0.15) is 32.9 Å². The molecule has 2 heterocycles. The Balaban J connectivity index is 1.26. The number of aromatic nitrogens is 3. The van der Waals surface area contributed by atoms with Gasteiger partial charge in [-0.25, -0.2) is 5.43 Å². The van der Waals surface area contributed by atoms with Gasteiger partial charge in [-0.1, -0.05) is 48.0 Å². The van der Waals surface area contributed by atoms with Crippen molar-refractivity contribution in [2.45, 2.75) is 20.5 Å². The van der Waals surface area contributed by atoms with E-state index in [0.717, 1.165) is 33.3 Å². The number of hydrazone groups is 1. The van der Waals surface area contributed by atoms with E-state index in [1.54, 1.807) is 19.4 Å². The van der Waals surface area contributed by atoms with Crippen LogP contribution in [0.5, 0.6) is 11.5 Å². The minimum atomic E-state index is -0.391. The average molecular weight is 494 g/mol. The molecular weight excluding hydrogens is 466 g/mol. The summed E-state index contributed by atoms with van der Waals surface area (Å²) in [5, 5.41) is 12.3. The number of nitrogens with one attached hydrogen (secondary N) is 3. The number of benzene rings is 3. The number of H-pyrrole nitrogens is 2. The van der Waals surface area contributed by atoms with E-state index in [9.17, 15) is 4.79 Å². The van der Waals surface area contributed by atoms with Crippen molar-refractivity contribution in [2.75, 3.05) is 7.11 Å². The normalized spacial score (nSPS) is 11.2. The molecule has 0 saturated heterocycles. The van der Waals surface area contributed by atoms with E-state index in [1.165, 1.54) is 5.56 Å². The van der Waals surface area contributed by atoms with Gasteiger partial charge in [-0.05, 0) is 49.7 Å². The summed E-state index contributed by atoms with van der Waals surface area (Å²) in [6.07, 6.45) is 1.64. The molecule has 5 rings (SSSR count). The summed E-state index contributed by atoms with van der Waals surface area (Å²) >= 11 is 0. The summed E-state index contributed by atoms with van der Waals surface area (Å²) in [6, 6.07) is 23.4. The van der Waals surface area contributed by atoms with Crippen molar-refractivity contribution in [3.8, 4) is 22.8 Å². The Bertz CT molecular complexity index is 1580. The van der Waals surface area contributed by atoms with Crippen LogP contribution in [0.15, 0.2) is 77.9 Å². The van der Waals surface area contributed by atoms with Gasteiger partial charge in [-0.2, -0.15) is 10.2 Å². The van der Waals surface area contributed by atoms with Crippen LogP contribution in [0.2, 0.25) is 0 Å². The van der Waals surface area contributed by atoms with Crippen LogP contribution in [0.3, 0.4) is 0 Å². The number of para-hydroxylation sites is 1. The van der Waals surface area contributed by atoms with Crippen LogP contribution >= 0.6 is 0 Å². The van der Waals surface area contributed by atoms with Gasteiger partial charge in [0, 0.05) is 27.7 Å². The molecule has 0 aliphatic carbocycles. The molecule has 3 N–H and O–H groups in total. The van der Waals surface area contributed by atoms with Crippen LogP contribution < -0.4 is 14.9 Å². The number of hydrogen-bond donors (Lipinski definition) is 3. The maximum Gasteiger partial charge on any atom is 0.289 e. The maximum atomic E-state index is 12.6. The first-order valence-electron chi connectivity index (χ1n) is 11.8. The molecule has 8 nitrogen and oxygen atoms in total. The number of amides is 1. The number of ether oxygens (including phenoxy) is 2. The molecule has 0 bridgehead atoms. The standard InChI is InChI=1S/C29H27N5O3/c1-18-8-10-20(11-9-18)17-37-27-13-12-21(14-28(27)36-3)25-15-26(33-32-25)29(35)34-30-16-23-19(2)31-24-7-5-4-6-22(23)24/h4-16,31H,17H2,1-3H3,(H,32,33)(H,34,35)/b30-16+. The third-order valence-corrected chi connectivity index (χ3v) is 6.10. The Hall–Kier alpha value is -4.85. The molecule has 0 aliphatic heterocycles. The molecule has 5 aromatic rings. The zero-order valence-electron chi connectivity index (χ0n) is 20.8. The molecule has 0 radical (unpaired) electrons. The van der Waals surface area contributed by atoms with E-state index in [1.807, 2.05) is 61.5 Å². The highest BCUT2D eigenvalue weighted by Gasteiger charge is 2.14. The van der Waals surface area contributed by atoms with Crippen LogP contribution in [0.25, 0.3) is 22.2 Å². The first kappa shape index (κ1) is 23.9. The lowest BCUT2D eigenvalue weighted by Crippen LogP contribution is -2.18. The maximum absolute atomic E-state index is 12.6. The van der Waals surface area contributed by atoms with E-state index in [0.29, 0.717) is 29.5 Å². The van der Waals surface area contributed by atoms with Crippen molar-refractivity contribution < 1.29 is 14.3 Å². The largest absolute Gasteiger partial charge is 0.493 e. The van der Waals surface area contributed by atoms with Crippen LogP contribution in [0, 0.1) is 13.8 Å². The van der Waals surface area contributed by atoms with Crippen molar-refractivity contribution in [2.24, 2.45) is 5.10 Å². The Kier molecular flexibility index (Phi) is 6.72. The van der Waals surface area contributed by atoms with Crippen molar-refractivity contribution in [1.82, 2.24) is 20.6 Å². The molecule has 8 heteroatoms. The summed E-state index contributed by atoms with van der Waals surface area (Å²) in [7, 11) is 1.59. The van der Waals surface area contributed by atoms with Gasteiger partial charge < -0.3 is 14.5 Å². The molecule has 0 aliphatic rings. The molecule has 186 valence electrons. The predicted octanol–water partition coefficient (Wildman–Crippen LogP) is 5.53. The van der Waals surface area contributed by atoms with Gasteiger partial charge in [0.15, 0.2) is 11.5 Å². The lowest BCUT2D eigenvalue weighted by Gasteiger charge is -2.12. The second kappa shape index (κ2) is 10.4. The summed E-state index contributed by atoms with van der Waals surface area (Å²) in [6.45, 7) is 4.45. The number of methoxy groups -OCH3 is 1. The van der Waals surface area contributed by atoms with Crippen LogP contribution in [-0.4, -0.2) is 34.4 Å². The third-order valence-electron chi connectivity index (χ3n) is 6.10. The van der Waals surface area contributed by atoms with Gasteiger partial charge in [-0.15, -0.1) is 0 Å². The third kappa shape index (κ3) is 5.23. The second-order valence-electron chi connectivity index (χ2n) is 8.72. The summed E-state index contributed by atoms with van der Waals surface area (Å²) in [4.78, 5) is 15.9. The van der Waals surface area contributed by atoms with Crippen molar-refractivity contribution in [3.05, 3.63) is 101 Å². The lowest BCUT2D eigenvalue weighted by molar-refractivity contribution is 0.0950. The fourth-order valence-corrected chi connectivity index (χ4v) is 4.06. The van der Waals surface area contributed by atoms with Gasteiger partial charge in [0.05, 0.1) is 19.0 Å². The predicted molar refractivity (Wildman–Crippen MR) is 144 cm³/mol. The SMILES string of the molecule is COc1cc(-c2cc(C(=O)N/N=C/c3c(C)[nH]c4ccccc34)[nH]n2)ccc1OCc1ccc(C)cc1. The van der Waals surface area contributed by atoms with Gasteiger partial charge in [-0.3, -0.25) is 9.89 Å². The van der Waals surface area contributed by atoms with E-state index in [4.69, 9.17) is 9.47 Å². The fourth-order valence-electron chi connectivity index (χ4n) is 4.06. The number of rotatable bonds is 8. The Labute approximate surface area is 214 Å². The molecule has 0 spiro atoms. The fraction of sp³-hybridized carbons (Fsp3) is 0.138. The number of nitrogens with zero attached hydrogens (tertiary/aromatic N) is 2. The minimum Gasteiger partial charge on any atom is -0.493 e. The summed E-state index contributed by atoms with van der Waals surface area (Å²) in [5.41, 5.74) is 9.44. The Morgan fingerprint density at radius 1 is 1.03 bits per heavy atom. The average Bonchev–Trinajstić information content (AvgIpc) is 3.53. The summed E-state index contributed by atoms with van der Waals surface area (Å²) < 4.78 is 11.5. The molecular formula is C29H27N5O3. The monoisotopic (exact) mass is 493 g/mol. The van der Waals surface area contributed by atoms with Gasteiger partial charge in [0.25, 0.3) is 5.91 Å². The first-order chi connectivity index (χ1) is 18.0. The molecule has 1 amide bonds. The molecule has 0 atom stereocenters. The second-order valence-corrected chi connectivity index (χ2v) is 8.72. The topological polar surface area (TPSA) is 104 Å². The van der Waals surface area contributed by atoms with Crippen molar-refractivity contribution in [1.29, 1.82) is 0 Å². The molecule has 0 saturated carbocycles. The van der Waals surface area contributed by atoms with E-state index in [2.05, 4.69) is 44.8 Å². The van der Waals surface area contributed by atoms with Crippen molar-refractivity contribution >= 4 is 23.0 Å². The molecule has 2 aromatic heterocycles. The zero-order valence-corrected chi connectivity index (χ0v) is 20.8. The van der Waals surface area contributed by atoms with Gasteiger partial charge in [0.1, 0.15) is 12.3 Å². The quantitative estimate of drug-likeness (QED) is 0.195. The van der Waals surface area contributed by atoms with Gasteiger partial charge in [0.2, 0.25) is 0 Å². The minimum absolute atomic E-state index is 0.293. The highest BCUT2D eigenvalue weighted by molar-refractivity contribution is 6.01. The van der Waals surface area contributed by atoms with Gasteiger partial charge >= 0.3 is 0 Å². The highest BCUT2D eigenvalue weighted by Crippen LogP contribution is 2.32. The Morgan fingerprint density at radius 2 is 1.84 bits per heavy atom. The number of fused-ring (bicyclic) bond motifs is 1. The Morgan fingerprint density at radius 3 is 2.65 bits per heavy atom. The lowest BCUT2D eigenvalue weighted by atomic mass is 10.1. The smallest absolute Gasteiger partial charge is 0.289 e. The molecule has 3 aromatic carbocycles. The number of hydrogen-bond acceptors (Lipinski definition) is 5. The molecule has 37 heavy (non-hydrogen) atoms. The van der Waals surface area contributed by atoms with Crippen molar-refractivity contribution in [3.63, 3.8) is 0 Å². The zero-order chi connectivity index (χ0) is 25.8. The first-order valence-corrected chi connectivity index (χ1v) is 11.8. The van der Waals surface area contributed by atoms with E-state index in [-0.39, 0.29) is 0 Å².